The monoisotopic (exact) mass is 253 g/mol. The van der Waals surface area contributed by atoms with Gasteiger partial charge in [0.1, 0.15) is 0 Å². The highest BCUT2D eigenvalue weighted by Crippen LogP contribution is 2.28. The van der Waals surface area contributed by atoms with Crippen molar-refractivity contribution in [3.8, 4) is 0 Å². The fourth-order valence-electron chi connectivity index (χ4n) is 3.75. The Bertz CT molecular complexity index is 277. The second-order valence-electron chi connectivity index (χ2n) is 7.09. The molecule has 0 radical (unpaired) electrons. The maximum absolute atomic E-state index is 3.70. The van der Waals surface area contributed by atoms with E-state index in [0.29, 0.717) is 0 Å². The van der Waals surface area contributed by atoms with Gasteiger partial charge in [-0.1, -0.05) is 13.8 Å². The van der Waals surface area contributed by atoms with Gasteiger partial charge >= 0.3 is 0 Å². The predicted octanol–water partition coefficient (Wildman–Crippen LogP) is 1.79. The van der Waals surface area contributed by atoms with Crippen LogP contribution in [0.4, 0.5) is 0 Å². The van der Waals surface area contributed by atoms with Crippen molar-refractivity contribution >= 4 is 0 Å². The Morgan fingerprint density at radius 3 is 2.67 bits per heavy atom. The molecule has 2 heterocycles. The van der Waals surface area contributed by atoms with Crippen molar-refractivity contribution in [2.75, 3.05) is 33.2 Å². The molecule has 2 saturated heterocycles. The first-order valence-electron chi connectivity index (χ1n) is 7.62. The zero-order chi connectivity index (χ0) is 13.3. The Hall–Kier alpha value is -0.120. The third kappa shape index (κ3) is 3.06. The number of piperidine rings is 1. The van der Waals surface area contributed by atoms with Crippen LogP contribution in [0.2, 0.25) is 0 Å². The van der Waals surface area contributed by atoms with Crippen LogP contribution >= 0.6 is 0 Å². The normalized spacial score (nSPS) is 38.8. The van der Waals surface area contributed by atoms with Crippen molar-refractivity contribution in [1.29, 1.82) is 0 Å². The van der Waals surface area contributed by atoms with Crippen LogP contribution in [-0.2, 0) is 0 Å². The van der Waals surface area contributed by atoms with Gasteiger partial charge in [-0.25, -0.2) is 0 Å². The van der Waals surface area contributed by atoms with Gasteiger partial charge in [0.2, 0.25) is 0 Å². The molecule has 0 aromatic heterocycles. The van der Waals surface area contributed by atoms with Crippen molar-refractivity contribution in [3.05, 3.63) is 0 Å². The molecule has 0 spiro atoms. The quantitative estimate of drug-likeness (QED) is 0.809. The van der Waals surface area contributed by atoms with E-state index in [1.165, 1.54) is 32.5 Å². The van der Waals surface area contributed by atoms with E-state index in [4.69, 9.17) is 0 Å². The van der Waals surface area contributed by atoms with Crippen molar-refractivity contribution in [3.63, 3.8) is 0 Å². The highest BCUT2D eigenvalue weighted by atomic mass is 15.3. The lowest BCUT2D eigenvalue weighted by atomic mass is 9.87. The molecule has 3 heteroatoms. The van der Waals surface area contributed by atoms with Crippen molar-refractivity contribution in [2.24, 2.45) is 5.92 Å². The number of hydrogen-bond acceptors (Lipinski definition) is 3. The van der Waals surface area contributed by atoms with Crippen molar-refractivity contribution in [1.82, 2.24) is 15.1 Å². The number of hydrogen-bond donors (Lipinski definition) is 1. The molecule has 0 saturated carbocycles. The topological polar surface area (TPSA) is 18.5 Å². The molecule has 2 aliphatic heterocycles. The number of likely N-dealkylation sites (tertiary alicyclic amines) is 1. The highest BCUT2D eigenvalue weighted by molar-refractivity contribution is 4.97. The van der Waals surface area contributed by atoms with Crippen LogP contribution in [0.3, 0.4) is 0 Å². The summed E-state index contributed by atoms with van der Waals surface area (Å²) in [7, 11) is 2.26. The minimum absolute atomic E-state index is 0.273. The first kappa shape index (κ1) is 14.3. The van der Waals surface area contributed by atoms with Crippen LogP contribution in [0.5, 0.6) is 0 Å². The summed E-state index contributed by atoms with van der Waals surface area (Å²) in [5.41, 5.74) is 0.273. The molecule has 3 nitrogen and oxygen atoms in total. The molecule has 0 aromatic rings. The Morgan fingerprint density at radius 2 is 2.06 bits per heavy atom. The van der Waals surface area contributed by atoms with Crippen molar-refractivity contribution < 1.29 is 0 Å². The summed E-state index contributed by atoms with van der Waals surface area (Å²) in [5, 5.41) is 3.70. The van der Waals surface area contributed by atoms with Crippen LogP contribution in [0.15, 0.2) is 0 Å². The molecule has 2 aliphatic rings. The third-order valence-corrected chi connectivity index (χ3v) is 4.82. The molecule has 2 rings (SSSR count). The zero-order valence-corrected chi connectivity index (χ0v) is 12.9. The summed E-state index contributed by atoms with van der Waals surface area (Å²) in [5.74, 6) is 0.798. The Kier molecular flexibility index (Phi) is 4.35. The van der Waals surface area contributed by atoms with Crippen LogP contribution in [0.25, 0.3) is 0 Å². The first-order valence-corrected chi connectivity index (χ1v) is 7.62. The summed E-state index contributed by atoms with van der Waals surface area (Å²) in [6.07, 6.45) is 2.60. The summed E-state index contributed by atoms with van der Waals surface area (Å²) >= 11 is 0. The lowest BCUT2D eigenvalue weighted by Gasteiger charge is -2.51. The Morgan fingerprint density at radius 1 is 1.33 bits per heavy atom. The molecular weight excluding hydrogens is 222 g/mol. The van der Waals surface area contributed by atoms with Gasteiger partial charge in [0, 0.05) is 37.3 Å². The van der Waals surface area contributed by atoms with E-state index in [1.807, 2.05) is 0 Å². The van der Waals surface area contributed by atoms with E-state index in [2.05, 4.69) is 49.9 Å². The summed E-state index contributed by atoms with van der Waals surface area (Å²) in [4.78, 5) is 5.30. The Labute approximate surface area is 113 Å². The van der Waals surface area contributed by atoms with Gasteiger partial charge in [0.25, 0.3) is 0 Å². The van der Waals surface area contributed by atoms with Crippen LogP contribution < -0.4 is 5.32 Å². The molecule has 0 aromatic carbocycles. The van der Waals surface area contributed by atoms with Crippen molar-refractivity contribution in [2.45, 2.75) is 58.2 Å². The third-order valence-electron chi connectivity index (χ3n) is 4.82. The minimum Gasteiger partial charge on any atom is -0.309 e. The van der Waals surface area contributed by atoms with Gasteiger partial charge in [0.15, 0.2) is 0 Å². The van der Waals surface area contributed by atoms with Gasteiger partial charge in [-0.05, 0) is 46.2 Å². The summed E-state index contributed by atoms with van der Waals surface area (Å²) in [6.45, 7) is 14.3. The first-order chi connectivity index (χ1) is 8.43. The molecular formula is C15H31N3. The molecule has 0 aliphatic carbocycles. The number of piperazine rings is 1. The largest absolute Gasteiger partial charge is 0.309 e. The van der Waals surface area contributed by atoms with E-state index in [-0.39, 0.29) is 5.54 Å². The Balaban J connectivity index is 2.08. The fraction of sp³-hybridized carbons (Fsp3) is 1.00. The SMILES string of the molecule is CCC1CNC(C)(C)CN1C1CCN(C)CC1C. The van der Waals surface area contributed by atoms with Gasteiger partial charge in [-0.3, -0.25) is 4.90 Å². The van der Waals surface area contributed by atoms with Crippen LogP contribution in [-0.4, -0.2) is 60.6 Å². The number of nitrogens with one attached hydrogen (secondary N) is 1. The average molecular weight is 253 g/mol. The molecule has 1 N–H and O–H groups in total. The van der Waals surface area contributed by atoms with Crippen LogP contribution in [0, 0.1) is 5.92 Å². The van der Waals surface area contributed by atoms with Gasteiger partial charge < -0.3 is 10.2 Å². The molecule has 18 heavy (non-hydrogen) atoms. The van der Waals surface area contributed by atoms with Crippen LogP contribution in [0.1, 0.15) is 40.5 Å². The standard InChI is InChI=1S/C15H31N3/c1-6-13-9-16-15(3,4)11-18(13)14-7-8-17(5)10-12(14)2/h12-14,16H,6-11H2,1-5H3. The second kappa shape index (κ2) is 5.48. The van der Waals surface area contributed by atoms with E-state index < -0.39 is 0 Å². The van der Waals surface area contributed by atoms with E-state index in [0.717, 1.165) is 24.5 Å². The zero-order valence-electron chi connectivity index (χ0n) is 12.9. The van der Waals surface area contributed by atoms with E-state index in [1.54, 1.807) is 0 Å². The molecule has 106 valence electrons. The molecule has 0 amide bonds. The molecule has 2 fully saturated rings. The lowest BCUT2D eigenvalue weighted by molar-refractivity contribution is 0.000222. The summed E-state index contributed by atoms with van der Waals surface area (Å²) in [6, 6.07) is 1.52. The second-order valence-corrected chi connectivity index (χ2v) is 7.09. The predicted molar refractivity (Wildman–Crippen MR) is 77.9 cm³/mol. The molecule has 3 unspecified atom stereocenters. The fourth-order valence-corrected chi connectivity index (χ4v) is 3.75. The van der Waals surface area contributed by atoms with Gasteiger partial charge in [0.05, 0.1) is 0 Å². The maximum Gasteiger partial charge on any atom is 0.0253 e. The minimum atomic E-state index is 0.273. The highest BCUT2D eigenvalue weighted by Gasteiger charge is 2.38. The number of nitrogens with zero attached hydrogens (tertiary/aromatic N) is 2. The smallest absolute Gasteiger partial charge is 0.0253 e. The lowest BCUT2D eigenvalue weighted by Crippen LogP contribution is -2.65. The number of rotatable bonds is 2. The summed E-state index contributed by atoms with van der Waals surface area (Å²) < 4.78 is 0. The molecule has 3 atom stereocenters. The maximum atomic E-state index is 3.70. The van der Waals surface area contributed by atoms with Gasteiger partial charge in [-0.15, -0.1) is 0 Å². The van der Waals surface area contributed by atoms with E-state index >= 15 is 0 Å². The van der Waals surface area contributed by atoms with E-state index in [9.17, 15) is 0 Å². The average Bonchev–Trinajstić information content (AvgIpc) is 2.28. The van der Waals surface area contributed by atoms with Gasteiger partial charge in [-0.2, -0.15) is 0 Å². The molecule has 0 bridgehead atoms.